The first kappa shape index (κ1) is 23.0. The number of halogens is 3. The fourth-order valence-electron chi connectivity index (χ4n) is 4.58. The van der Waals surface area contributed by atoms with Crippen molar-refractivity contribution in [2.75, 3.05) is 26.2 Å². The molecule has 2 aliphatic rings. The van der Waals surface area contributed by atoms with Gasteiger partial charge in [-0.15, -0.1) is 0 Å². The third-order valence-electron chi connectivity index (χ3n) is 6.20. The Balaban J connectivity index is 1.68. The van der Waals surface area contributed by atoms with Crippen LogP contribution in [0.5, 0.6) is 0 Å². The van der Waals surface area contributed by atoms with Crippen LogP contribution in [-0.4, -0.2) is 66.4 Å². The number of rotatable bonds is 8. The van der Waals surface area contributed by atoms with Gasteiger partial charge in [0.05, 0.1) is 12.2 Å². The molecule has 6 heteroatoms. The second-order valence-corrected chi connectivity index (χ2v) is 9.01. The highest BCUT2D eigenvalue weighted by atomic mass is 19.4. The lowest BCUT2D eigenvalue weighted by atomic mass is 9.84. The van der Waals surface area contributed by atoms with Gasteiger partial charge >= 0.3 is 6.18 Å². The maximum absolute atomic E-state index is 13.5. The summed E-state index contributed by atoms with van der Waals surface area (Å²) in [5, 5.41) is 0. The van der Waals surface area contributed by atoms with Gasteiger partial charge in [0.15, 0.2) is 0 Å². The molecular formula is C21H39F3N2O. The van der Waals surface area contributed by atoms with E-state index >= 15 is 0 Å². The van der Waals surface area contributed by atoms with Crippen molar-refractivity contribution < 1.29 is 17.9 Å². The van der Waals surface area contributed by atoms with Crippen LogP contribution in [0.3, 0.4) is 0 Å². The molecule has 2 rings (SSSR count). The van der Waals surface area contributed by atoms with Gasteiger partial charge in [-0.2, -0.15) is 13.2 Å². The second-order valence-electron chi connectivity index (χ2n) is 9.01. The molecule has 0 amide bonds. The Bertz CT molecular complexity index is 420. The number of hydrogen-bond donors (Lipinski definition) is 0. The number of piperazine rings is 1. The van der Waals surface area contributed by atoms with E-state index in [1.165, 1.54) is 12.8 Å². The maximum Gasteiger partial charge on any atom is 0.405 e. The fourth-order valence-corrected chi connectivity index (χ4v) is 4.58. The van der Waals surface area contributed by atoms with Gasteiger partial charge in [0, 0.05) is 25.7 Å². The molecule has 1 saturated heterocycles. The standard InChI is InChI=1S/C21H39F3N2O/c1-16(2)26-14-13-25(20(15-26)21(22,23)24)12-6-5-7-18-8-10-19(11-9-18)27-17(3)4/h16-20H,5-15H2,1-4H3/t18-,19-,20-/m0/s1. The van der Waals surface area contributed by atoms with Crippen LogP contribution in [0, 0.1) is 5.92 Å². The Labute approximate surface area is 163 Å². The number of nitrogens with zero attached hydrogens (tertiary/aromatic N) is 2. The van der Waals surface area contributed by atoms with Crippen molar-refractivity contribution in [1.29, 1.82) is 0 Å². The fraction of sp³-hybridized carbons (Fsp3) is 1.00. The summed E-state index contributed by atoms with van der Waals surface area (Å²) >= 11 is 0. The highest BCUT2D eigenvalue weighted by Gasteiger charge is 2.46. The minimum atomic E-state index is -4.14. The first-order chi connectivity index (χ1) is 12.7. The smallest absolute Gasteiger partial charge is 0.376 e. The molecule has 1 saturated carbocycles. The molecule has 1 heterocycles. The van der Waals surface area contributed by atoms with Crippen LogP contribution in [0.4, 0.5) is 13.2 Å². The molecule has 2 fully saturated rings. The summed E-state index contributed by atoms with van der Waals surface area (Å²) in [6, 6.07) is -1.14. The van der Waals surface area contributed by atoms with Gasteiger partial charge in [-0.1, -0.05) is 12.8 Å². The van der Waals surface area contributed by atoms with Crippen molar-refractivity contribution in [2.45, 2.75) is 103 Å². The molecule has 0 unspecified atom stereocenters. The summed E-state index contributed by atoms with van der Waals surface area (Å²) < 4.78 is 46.3. The number of alkyl halides is 3. The van der Waals surface area contributed by atoms with Crippen LogP contribution in [0.15, 0.2) is 0 Å². The molecule has 0 bridgehead atoms. The van der Waals surface area contributed by atoms with E-state index in [-0.39, 0.29) is 12.6 Å². The third-order valence-corrected chi connectivity index (χ3v) is 6.20. The molecule has 160 valence electrons. The highest BCUT2D eigenvalue weighted by molar-refractivity contribution is 4.88. The molecule has 27 heavy (non-hydrogen) atoms. The van der Waals surface area contributed by atoms with Crippen molar-refractivity contribution in [2.24, 2.45) is 5.92 Å². The lowest BCUT2D eigenvalue weighted by Crippen LogP contribution is -2.60. The zero-order valence-electron chi connectivity index (χ0n) is 17.6. The summed E-state index contributed by atoms with van der Waals surface area (Å²) in [7, 11) is 0. The normalized spacial score (nSPS) is 29.0. The van der Waals surface area contributed by atoms with E-state index in [2.05, 4.69) is 13.8 Å². The second kappa shape index (κ2) is 10.4. The molecule has 0 N–H and O–H groups in total. The summed E-state index contributed by atoms with van der Waals surface area (Å²) in [6.45, 7) is 10.1. The van der Waals surface area contributed by atoms with Crippen molar-refractivity contribution in [3.63, 3.8) is 0 Å². The van der Waals surface area contributed by atoms with Gasteiger partial charge in [-0.3, -0.25) is 9.80 Å². The lowest BCUT2D eigenvalue weighted by molar-refractivity contribution is -0.198. The lowest BCUT2D eigenvalue weighted by Gasteiger charge is -2.43. The van der Waals surface area contributed by atoms with E-state index in [1.54, 1.807) is 4.90 Å². The van der Waals surface area contributed by atoms with Crippen molar-refractivity contribution in [1.82, 2.24) is 9.80 Å². The quantitative estimate of drug-likeness (QED) is 0.535. The predicted molar refractivity (Wildman–Crippen MR) is 104 cm³/mol. The Hall–Kier alpha value is -0.330. The molecule has 0 spiro atoms. The van der Waals surface area contributed by atoms with Crippen molar-refractivity contribution in [3.8, 4) is 0 Å². The molecular weight excluding hydrogens is 353 g/mol. The monoisotopic (exact) mass is 392 g/mol. The SMILES string of the molecule is CC(C)O[C@H]1CC[C@H](CCCCN2CCN(C(C)C)C[C@H]2C(F)(F)F)CC1. The molecule has 3 nitrogen and oxygen atoms in total. The average molecular weight is 393 g/mol. The van der Waals surface area contributed by atoms with Crippen LogP contribution in [0.25, 0.3) is 0 Å². The minimum absolute atomic E-state index is 0.112. The van der Waals surface area contributed by atoms with Crippen LogP contribution < -0.4 is 0 Å². The molecule has 0 aromatic carbocycles. The van der Waals surface area contributed by atoms with E-state index in [0.717, 1.165) is 44.6 Å². The van der Waals surface area contributed by atoms with E-state index in [9.17, 15) is 13.2 Å². The van der Waals surface area contributed by atoms with Gasteiger partial charge in [0.2, 0.25) is 0 Å². The molecule has 1 aliphatic heterocycles. The topological polar surface area (TPSA) is 15.7 Å². The molecule has 0 aromatic rings. The zero-order valence-corrected chi connectivity index (χ0v) is 17.6. The van der Waals surface area contributed by atoms with Crippen LogP contribution >= 0.6 is 0 Å². The van der Waals surface area contributed by atoms with Gasteiger partial charge in [0.1, 0.15) is 6.04 Å². The van der Waals surface area contributed by atoms with Gasteiger partial charge in [-0.05, 0) is 72.3 Å². The average Bonchev–Trinajstić information content (AvgIpc) is 2.58. The van der Waals surface area contributed by atoms with Crippen molar-refractivity contribution in [3.05, 3.63) is 0 Å². The third kappa shape index (κ3) is 7.54. The summed E-state index contributed by atoms with van der Waals surface area (Å²) in [5.74, 6) is 0.730. The number of ether oxygens (including phenoxy) is 1. The first-order valence-corrected chi connectivity index (χ1v) is 10.9. The summed E-state index contributed by atoms with van der Waals surface area (Å²) in [6.07, 6.45) is 4.30. The van der Waals surface area contributed by atoms with Crippen LogP contribution in [0.2, 0.25) is 0 Å². The summed E-state index contributed by atoms with van der Waals surface area (Å²) in [4.78, 5) is 3.62. The van der Waals surface area contributed by atoms with E-state index in [0.29, 0.717) is 25.3 Å². The van der Waals surface area contributed by atoms with Gasteiger partial charge < -0.3 is 4.74 Å². The largest absolute Gasteiger partial charge is 0.405 e. The van der Waals surface area contributed by atoms with E-state index < -0.39 is 12.2 Å². The van der Waals surface area contributed by atoms with Crippen LogP contribution in [0.1, 0.15) is 72.6 Å². The van der Waals surface area contributed by atoms with E-state index in [4.69, 9.17) is 4.74 Å². The van der Waals surface area contributed by atoms with Crippen LogP contribution in [-0.2, 0) is 4.74 Å². The minimum Gasteiger partial charge on any atom is -0.376 e. The highest BCUT2D eigenvalue weighted by Crippen LogP contribution is 2.31. The van der Waals surface area contributed by atoms with Gasteiger partial charge in [0.25, 0.3) is 0 Å². The Morgan fingerprint density at radius 1 is 0.963 bits per heavy atom. The molecule has 1 aliphatic carbocycles. The Kier molecular flexibility index (Phi) is 8.88. The summed E-state index contributed by atoms with van der Waals surface area (Å²) in [5.41, 5.74) is 0. The van der Waals surface area contributed by atoms with E-state index in [1.807, 2.05) is 18.7 Å². The molecule has 1 atom stereocenters. The molecule has 0 aromatic heterocycles. The molecule has 0 radical (unpaired) electrons. The Morgan fingerprint density at radius 3 is 2.19 bits per heavy atom. The van der Waals surface area contributed by atoms with Gasteiger partial charge in [-0.25, -0.2) is 0 Å². The number of unbranched alkanes of at least 4 members (excludes halogenated alkanes) is 1. The van der Waals surface area contributed by atoms with Crippen molar-refractivity contribution >= 4 is 0 Å². The Morgan fingerprint density at radius 2 is 1.63 bits per heavy atom. The first-order valence-electron chi connectivity index (χ1n) is 10.9. The number of hydrogen-bond acceptors (Lipinski definition) is 3. The zero-order chi connectivity index (χ0) is 20.0. The predicted octanol–water partition coefficient (Wildman–Crippen LogP) is 5.10. The maximum atomic E-state index is 13.5.